The molecule has 170 valence electrons. The monoisotopic (exact) mass is 471 g/mol. The zero-order valence-electron chi connectivity index (χ0n) is 18.5. The fourth-order valence-corrected chi connectivity index (χ4v) is 6.18. The second-order valence-electron chi connectivity index (χ2n) is 8.24. The number of hydrogen-bond donors (Lipinski definition) is 1. The maximum absolute atomic E-state index is 13.2. The van der Waals surface area contributed by atoms with Crippen LogP contribution in [-0.4, -0.2) is 49.1 Å². The number of benzene rings is 2. The van der Waals surface area contributed by atoms with Crippen molar-refractivity contribution in [3.63, 3.8) is 0 Å². The molecule has 8 heteroatoms. The predicted octanol–water partition coefficient (Wildman–Crippen LogP) is 3.66. The molecule has 2 aromatic carbocycles. The number of carbonyl (C=O) groups excluding carboxylic acids is 1. The third-order valence-corrected chi connectivity index (χ3v) is 8.73. The SMILES string of the molecule is CSc1ccc(CCNC(=O)[C@H]2CCCN(S(=O)(=O)c3ccc4c(ccn4C)c3)C2)cc1. The molecule has 1 amide bonds. The molecular weight excluding hydrogens is 442 g/mol. The van der Waals surface area contributed by atoms with Gasteiger partial charge in [-0.3, -0.25) is 4.79 Å². The molecule has 1 saturated heterocycles. The number of carbonyl (C=O) groups is 1. The second-order valence-corrected chi connectivity index (χ2v) is 11.1. The number of fused-ring (bicyclic) bond motifs is 1. The van der Waals surface area contributed by atoms with Crippen LogP contribution < -0.4 is 5.32 Å². The van der Waals surface area contributed by atoms with Crippen LogP contribution in [0.15, 0.2) is 64.5 Å². The molecule has 4 rings (SSSR count). The van der Waals surface area contributed by atoms with Crippen LogP contribution in [0.5, 0.6) is 0 Å². The molecule has 6 nitrogen and oxygen atoms in total. The first-order valence-electron chi connectivity index (χ1n) is 10.8. The lowest BCUT2D eigenvalue weighted by Crippen LogP contribution is -2.45. The van der Waals surface area contributed by atoms with Gasteiger partial charge in [0.2, 0.25) is 15.9 Å². The highest BCUT2D eigenvalue weighted by Gasteiger charge is 2.33. The summed E-state index contributed by atoms with van der Waals surface area (Å²) in [6.45, 7) is 1.22. The van der Waals surface area contributed by atoms with Crippen molar-refractivity contribution in [1.82, 2.24) is 14.2 Å². The zero-order chi connectivity index (χ0) is 22.7. The van der Waals surface area contributed by atoms with Crippen LogP contribution >= 0.6 is 11.8 Å². The van der Waals surface area contributed by atoms with E-state index in [4.69, 9.17) is 0 Å². The van der Waals surface area contributed by atoms with E-state index >= 15 is 0 Å². The van der Waals surface area contributed by atoms with E-state index < -0.39 is 10.0 Å². The van der Waals surface area contributed by atoms with Crippen molar-refractivity contribution in [2.45, 2.75) is 29.1 Å². The summed E-state index contributed by atoms with van der Waals surface area (Å²) in [6, 6.07) is 15.4. The number of nitrogens with zero attached hydrogens (tertiary/aromatic N) is 2. The van der Waals surface area contributed by atoms with E-state index in [1.165, 1.54) is 14.8 Å². The molecule has 1 aliphatic rings. The Labute approximate surface area is 194 Å². The first kappa shape index (κ1) is 22.9. The fraction of sp³-hybridized carbons (Fsp3) is 0.375. The molecular formula is C24H29N3O3S2. The Kier molecular flexibility index (Phi) is 6.93. The van der Waals surface area contributed by atoms with Gasteiger partial charge in [0.15, 0.2) is 0 Å². The zero-order valence-corrected chi connectivity index (χ0v) is 20.1. The molecule has 0 radical (unpaired) electrons. The number of aryl methyl sites for hydroxylation is 1. The maximum Gasteiger partial charge on any atom is 0.243 e. The van der Waals surface area contributed by atoms with Gasteiger partial charge < -0.3 is 9.88 Å². The standard InChI is InChI=1S/C24H29N3O3S2/c1-26-15-12-19-16-22(9-10-23(19)26)32(29,30)27-14-3-4-20(17-27)24(28)25-13-11-18-5-7-21(31-2)8-6-18/h5-10,12,15-16,20H,3-4,11,13-14,17H2,1-2H3,(H,25,28)/t20-/m0/s1. The number of rotatable bonds is 7. The van der Waals surface area contributed by atoms with E-state index in [-0.39, 0.29) is 23.3 Å². The van der Waals surface area contributed by atoms with Gasteiger partial charge in [-0.25, -0.2) is 8.42 Å². The first-order chi connectivity index (χ1) is 15.4. The molecule has 32 heavy (non-hydrogen) atoms. The minimum atomic E-state index is -3.64. The molecule has 3 aromatic rings. The van der Waals surface area contributed by atoms with Gasteiger partial charge in [0, 0.05) is 48.7 Å². The number of sulfonamides is 1. The van der Waals surface area contributed by atoms with E-state index in [2.05, 4.69) is 29.6 Å². The van der Waals surface area contributed by atoms with Crippen LogP contribution in [-0.2, 0) is 28.3 Å². The highest BCUT2D eigenvalue weighted by atomic mass is 32.2. The highest BCUT2D eigenvalue weighted by molar-refractivity contribution is 7.98. The fourth-order valence-electron chi connectivity index (χ4n) is 4.21. The minimum absolute atomic E-state index is 0.0656. The van der Waals surface area contributed by atoms with Gasteiger partial charge in [0.25, 0.3) is 0 Å². The van der Waals surface area contributed by atoms with Crippen molar-refractivity contribution in [2.24, 2.45) is 13.0 Å². The summed E-state index contributed by atoms with van der Waals surface area (Å²) in [5, 5.41) is 3.89. The quantitative estimate of drug-likeness (QED) is 0.534. The average Bonchev–Trinajstić information content (AvgIpc) is 3.19. The normalized spacial score (nSPS) is 17.5. The molecule has 1 fully saturated rings. The summed E-state index contributed by atoms with van der Waals surface area (Å²) in [5.74, 6) is -0.387. The maximum atomic E-state index is 13.2. The molecule has 1 N–H and O–H groups in total. The van der Waals surface area contributed by atoms with Gasteiger partial charge in [0.05, 0.1) is 10.8 Å². The Bertz CT molecular complexity index is 1200. The molecule has 2 heterocycles. The van der Waals surface area contributed by atoms with E-state index in [1.807, 2.05) is 36.2 Å². The van der Waals surface area contributed by atoms with E-state index in [0.29, 0.717) is 25.9 Å². The molecule has 0 aliphatic carbocycles. The predicted molar refractivity (Wildman–Crippen MR) is 129 cm³/mol. The smallest absolute Gasteiger partial charge is 0.243 e. The lowest BCUT2D eigenvalue weighted by Gasteiger charge is -2.31. The lowest BCUT2D eigenvalue weighted by atomic mass is 9.99. The summed E-state index contributed by atoms with van der Waals surface area (Å²) < 4.78 is 29.9. The van der Waals surface area contributed by atoms with Crippen molar-refractivity contribution < 1.29 is 13.2 Å². The topological polar surface area (TPSA) is 71.4 Å². The van der Waals surface area contributed by atoms with Crippen LogP contribution in [0, 0.1) is 5.92 Å². The van der Waals surface area contributed by atoms with E-state index in [9.17, 15) is 13.2 Å². The Balaban J connectivity index is 1.37. The van der Waals surface area contributed by atoms with Gasteiger partial charge in [-0.05, 0) is 67.5 Å². The van der Waals surface area contributed by atoms with Crippen molar-refractivity contribution in [3.05, 3.63) is 60.3 Å². The summed E-state index contributed by atoms with van der Waals surface area (Å²) in [7, 11) is -1.70. The average molecular weight is 472 g/mol. The number of piperidine rings is 1. The number of aromatic nitrogens is 1. The summed E-state index contributed by atoms with van der Waals surface area (Å²) in [5.41, 5.74) is 2.16. The van der Waals surface area contributed by atoms with Gasteiger partial charge in [-0.15, -0.1) is 11.8 Å². The van der Waals surface area contributed by atoms with Crippen molar-refractivity contribution in [3.8, 4) is 0 Å². The van der Waals surface area contributed by atoms with Crippen molar-refractivity contribution >= 4 is 38.6 Å². The lowest BCUT2D eigenvalue weighted by molar-refractivity contribution is -0.126. The molecule has 1 aromatic heterocycles. The number of hydrogen-bond acceptors (Lipinski definition) is 4. The number of thioether (sulfide) groups is 1. The summed E-state index contributed by atoms with van der Waals surface area (Å²) in [6.07, 6.45) is 6.10. The molecule has 0 unspecified atom stereocenters. The van der Waals surface area contributed by atoms with Crippen LogP contribution in [0.25, 0.3) is 10.9 Å². The third kappa shape index (κ3) is 4.87. The van der Waals surface area contributed by atoms with Crippen LogP contribution in [0.1, 0.15) is 18.4 Å². The minimum Gasteiger partial charge on any atom is -0.355 e. The Morgan fingerprint density at radius 1 is 1.16 bits per heavy atom. The van der Waals surface area contributed by atoms with Crippen LogP contribution in [0.4, 0.5) is 0 Å². The first-order valence-corrected chi connectivity index (χ1v) is 13.5. The number of nitrogens with one attached hydrogen (secondary N) is 1. The van der Waals surface area contributed by atoms with Gasteiger partial charge in [-0.1, -0.05) is 12.1 Å². The Morgan fingerprint density at radius 3 is 2.69 bits per heavy atom. The molecule has 0 saturated carbocycles. The third-order valence-electron chi connectivity index (χ3n) is 6.12. The van der Waals surface area contributed by atoms with Crippen molar-refractivity contribution in [2.75, 3.05) is 25.9 Å². The van der Waals surface area contributed by atoms with Gasteiger partial charge in [0.1, 0.15) is 0 Å². The van der Waals surface area contributed by atoms with Gasteiger partial charge >= 0.3 is 0 Å². The number of amides is 1. The molecule has 0 bridgehead atoms. The van der Waals surface area contributed by atoms with Gasteiger partial charge in [-0.2, -0.15) is 4.31 Å². The Hall–Kier alpha value is -2.29. The molecule has 0 spiro atoms. The van der Waals surface area contributed by atoms with Crippen LogP contribution in [0.3, 0.4) is 0 Å². The Morgan fingerprint density at radius 2 is 1.94 bits per heavy atom. The van der Waals surface area contributed by atoms with Crippen molar-refractivity contribution in [1.29, 1.82) is 0 Å². The largest absolute Gasteiger partial charge is 0.355 e. The second kappa shape index (κ2) is 9.68. The van der Waals surface area contributed by atoms with Crippen LogP contribution in [0.2, 0.25) is 0 Å². The van der Waals surface area contributed by atoms with E-state index in [1.54, 1.807) is 23.9 Å². The summed E-state index contributed by atoms with van der Waals surface area (Å²) in [4.78, 5) is 14.2. The molecule has 1 atom stereocenters. The summed E-state index contributed by atoms with van der Waals surface area (Å²) >= 11 is 1.70. The molecule has 1 aliphatic heterocycles. The van der Waals surface area contributed by atoms with E-state index in [0.717, 1.165) is 17.3 Å². The highest BCUT2D eigenvalue weighted by Crippen LogP contribution is 2.26.